The number of halogens is 2. The molecule has 138 valence electrons. The van der Waals surface area contributed by atoms with Crippen molar-refractivity contribution in [3.63, 3.8) is 0 Å². The third-order valence-corrected chi connectivity index (χ3v) is 5.30. The molecular formula is C19H15Br2N3O3. The minimum absolute atomic E-state index is 0.113. The minimum Gasteiger partial charge on any atom is -0.506 e. The standard InChI is InChI=1S/C19H15Br2N3O3/c20-14-9-12(18(26)17(21)19(14)27)10-23-24-16(25)7-6-11-3-1-5-15-13(11)4-2-8-22-15/h1-5,8-10,26-27H,6-7H2,(H,24,25)/b23-10-. The Bertz CT molecular complexity index is 1030. The fraction of sp³-hybridized carbons (Fsp3) is 0.105. The zero-order valence-corrected chi connectivity index (χ0v) is 17.2. The lowest BCUT2D eigenvalue weighted by atomic mass is 10.0. The van der Waals surface area contributed by atoms with Crippen LogP contribution in [0.4, 0.5) is 0 Å². The number of aryl methyl sites for hydroxylation is 1. The molecule has 0 saturated heterocycles. The van der Waals surface area contributed by atoms with E-state index in [4.69, 9.17) is 0 Å². The van der Waals surface area contributed by atoms with Crippen molar-refractivity contribution in [3.8, 4) is 11.5 Å². The number of nitrogens with one attached hydrogen (secondary N) is 1. The lowest BCUT2D eigenvalue weighted by Crippen LogP contribution is -2.18. The van der Waals surface area contributed by atoms with Gasteiger partial charge in [0.05, 0.1) is 16.2 Å². The molecule has 0 aliphatic rings. The molecule has 0 aliphatic carbocycles. The molecule has 3 N–H and O–H groups in total. The number of carbonyl (C=O) groups excluding carboxylic acids is 1. The number of fused-ring (bicyclic) bond motifs is 1. The zero-order chi connectivity index (χ0) is 19.4. The number of phenols is 2. The summed E-state index contributed by atoms with van der Waals surface area (Å²) in [5, 5.41) is 24.6. The molecule has 8 heteroatoms. The number of hydrogen-bond donors (Lipinski definition) is 3. The van der Waals surface area contributed by atoms with E-state index in [0.29, 0.717) is 16.5 Å². The average Bonchev–Trinajstić information content (AvgIpc) is 2.68. The van der Waals surface area contributed by atoms with Gasteiger partial charge >= 0.3 is 0 Å². The fourth-order valence-corrected chi connectivity index (χ4v) is 3.73. The third kappa shape index (κ3) is 4.45. The van der Waals surface area contributed by atoms with Crippen LogP contribution >= 0.6 is 31.9 Å². The van der Waals surface area contributed by atoms with Gasteiger partial charge in [0, 0.05) is 23.6 Å². The van der Waals surface area contributed by atoms with Crippen LogP contribution in [0.2, 0.25) is 0 Å². The Morgan fingerprint density at radius 1 is 1.19 bits per heavy atom. The van der Waals surface area contributed by atoms with Crippen molar-refractivity contribution >= 4 is 54.9 Å². The number of benzene rings is 2. The van der Waals surface area contributed by atoms with Crippen LogP contribution in [-0.4, -0.2) is 27.3 Å². The number of pyridine rings is 1. The van der Waals surface area contributed by atoms with Gasteiger partial charge in [-0.15, -0.1) is 0 Å². The molecule has 0 atom stereocenters. The summed E-state index contributed by atoms with van der Waals surface area (Å²) in [6, 6.07) is 11.2. The number of rotatable bonds is 5. The molecule has 0 aliphatic heterocycles. The number of amides is 1. The quantitative estimate of drug-likeness (QED) is 0.366. The van der Waals surface area contributed by atoms with E-state index in [2.05, 4.69) is 47.4 Å². The topological polar surface area (TPSA) is 94.8 Å². The Kier molecular flexibility index (Phi) is 6.08. The largest absolute Gasteiger partial charge is 0.506 e. The molecule has 1 heterocycles. The predicted molar refractivity (Wildman–Crippen MR) is 111 cm³/mol. The molecule has 0 saturated carbocycles. The average molecular weight is 493 g/mol. The van der Waals surface area contributed by atoms with Crippen LogP contribution in [0.25, 0.3) is 10.9 Å². The lowest BCUT2D eigenvalue weighted by Gasteiger charge is -2.07. The summed E-state index contributed by atoms with van der Waals surface area (Å²) < 4.78 is 0.540. The second-order valence-corrected chi connectivity index (χ2v) is 7.39. The maximum atomic E-state index is 12.1. The highest BCUT2D eigenvalue weighted by Crippen LogP contribution is 2.40. The van der Waals surface area contributed by atoms with E-state index in [9.17, 15) is 15.0 Å². The van der Waals surface area contributed by atoms with Gasteiger partial charge in [-0.05, 0) is 62.0 Å². The van der Waals surface area contributed by atoms with Gasteiger partial charge in [-0.2, -0.15) is 5.10 Å². The first-order valence-corrected chi connectivity index (χ1v) is 9.60. The molecule has 3 aromatic rings. The van der Waals surface area contributed by atoms with Crippen molar-refractivity contribution in [3.05, 3.63) is 62.7 Å². The van der Waals surface area contributed by atoms with Crippen molar-refractivity contribution < 1.29 is 15.0 Å². The molecular weight excluding hydrogens is 478 g/mol. The fourth-order valence-electron chi connectivity index (χ4n) is 2.58. The number of hydrazone groups is 1. The van der Waals surface area contributed by atoms with Gasteiger partial charge in [-0.3, -0.25) is 9.78 Å². The Labute approximate surface area is 172 Å². The van der Waals surface area contributed by atoms with Gasteiger partial charge in [0.2, 0.25) is 5.91 Å². The first kappa shape index (κ1) is 19.3. The van der Waals surface area contributed by atoms with Gasteiger partial charge in [0.15, 0.2) is 0 Å². The van der Waals surface area contributed by atoms with Crippen molar-refractivity contribution in [2.45, 2.75) is 12.8 Å². The van der Waals surface area contributed by atoms with Crippen LogP contribution in [0.15, 0.2) is 56.6 Å². The number of carbonyl (C=O) groups is 1. The molecule has 27 heavy (non-hydrogen) atoms. The van der Waals surface area contributed by atoms with E-state index in [1.165, 1.54) is 12.3 Å². The highest BCUT2D eigenvalue weighted by molar-refractivity contribution is 9.11. The van der Waals surface area contributed by atoms with E-state index in [0.717, 1.165) is 16.5 Å². The van der Waals surface area contributed by atoms with Gasteiger partial charge < -0.3 is 10.2 Å². The van der Waals surface area contributed by atoms with Crippen LogP contribution in [0, 0.1) is 0 Å². The SMILES string of the molecule is O=C(CCc1cccc2ncccc12)N/N=C\c1cc(Br)c(O)c(Br)c1O. The summed E-state index contributed by atoms with van der Waals surface area (Å²) in [5.41, 5.74) is 4.72. The highest BCUT2D eigenvalue weighted by atomic mass is 79.9. The zero-order valence-electron chi connectivity index (χ0n) is 14.0. The molecule has 6 nitrogen and oxygen atoms in total. The summed E-state index contributed by atoms with van der Waals surface area (Å²) >= 11 is 6.27. The summed E-state index contributed by atoms with van der Waals surface area (Å²) in [6.45, 7) is 0. The summed E-state index contributed by atoms with van der Waals surface area (Å²) in [6.07, 6.45) is 3.87. The number of aromatic nitrogens is 1. The van der Waals surface area contributed by atoms with Crippen molar-refractivity contribution in [2.24, 2.45) is 5.10 Å². The monoisotopic (exact) mass is 491 g/mol. The Morgan fingerprint density at radius 3 is 2.81 bits per heavy atom. The predicted octanol–water partition coefficient (Wildman–Crippen LogP) is 4.25. The number of nitrogens with zero attached hydrogens (tertiary/aromatic N) is 2. The van der Waals surface area contributed by atoms with Crippen molar-refractivity contribution in [2.75, 3.05) is 0 Å². The second-order valence-electron chi connectivity index (χ2n) is 5.74. The van der Waals surface area contributed by atoms with Gasteiger partial charge in [0.1, 0.15) is 16.0 Å². The molecule has 1 aromatic heterocycles. The molecule has 0 fully saturated rings. The van der Waals surface area contributed by atoms with E-state index < -0.39 is 0 Å². The number of phenolic OH excluding ortho intramolecular Hbond substituents is 2. The van der Waals surface area contributed by atoms with Crippen LogP contribution in [0.5, 0.6) is 11.5 Å². The lowest BCUT2D eigenvalue weighted by molar-refractivity contribution is -0.121. The van der Waals surface area contributed by atoms with E-state index in [-0.39, 0.29) is 28.3 Å². The Balaban J connectivity index is 1.63. The van der Waals surface area contributed by atoms with E-state index >= 15 is 0 Å². The van der Waals surface area contributed by atoms with Crippen LogP contribution < -0.4 is 5.43 Å². The smallest absolute Gasteiger partial charge is 0.240 e. The summed E-state index contributed by atoms with van der Waals surface area (Å²) in [5.74, 6) is -0.529. The third-order valence-electron chi connectivity index (χ3n) is 3.95. The minimum atomic E-state index is -0.247. The van der Waals surface area contributed by atoms with Gasteiger partial charge in [0.25, 0.3) is 0 Å². The van der Waals surface area contributed by atoms with Gasteiger partial charge in [-0.1, -0.05) is 18.2 Å². The molecule has 2 aromatic carbocycles. The van der Waals surface area contributed by atoms with E-state index in [1.807, 2.05) is 30.3 Å². The van der Waals surface area contributed by atoms with Crippen LogP contribution in [0.3, 0.4) is 0 Å². The number of aromatic hydroxyl groups is 2. The van der Waals surface area contributed by atoms with Crippen LogP contribution in [0.1, 0.15) is 17.5 Å². The van der Waals surface area contributed by atoms with Crippen molar-refractivity contribution in [1.82, 2.24) is 10.4 Å². The highest BCUT2D eigenvalue weighted by Gasteiger charge is 2.13. The summed E-state index contributed by atoms with van der Waals surface area (Å²) in [4.78, 5) is 16.4. The first-order chi connectivity index (χ1) is 13.0. The molecule has 0 spiro atoms. The molecule has 0 bridgehead atoms. The summed E-state index contributed by atoms with van der Waals surface area (Å²) in [7, 11) is 0. The Hall–Kier alpha value is -2.45. The molecule has 0 unspecified atom stereocenters. The first-order valence-electron chi connectivity index (χ1n) is 8.02. The molecule has 3 rings (SSSR count). The molecule has 1 amide bonds. The Morgan fingerprint density at radius 2 is 2.00 bits per heavy atom. The van der Waals surface area contributed by atoms with Crippen LogP contribution in [-0.2, 0) is 11.2 Å². The van der Waals surface area contributed by atoms with E-state index in [1.54, 1.807) is 6.20 Å². The normalized spacial score (nSPS) is 11.2. The maximum Gasteiger partial charge on any atom is 0.240 e. The maximum absolute atomic E-state index is 12.1. The van der Waals surface area contributed by atoms with Crippen molar-refractivity contribution in [1.29, 1.82) is 0 Å². The second kappa shape index (κ2) is 8.49. The number of hydrogen-bond acceptors (Lipinski definition) is 5. The van der Waals surface area contributed by atoms with Gasteiger partial charge in [-0.25, -0.2) is 5.43 Å². The molecule has 0 radical (unpaired) electrons.